The summed E-state index contributed by atoms with van der Waals surface area (Å²) >= 11 is 0. The quantitative estimate of drug-likeness (QED) is 0.137. The van der Waals surface area contributed by atoms with Gasteiger partial charge in [-0.1, -0.05) is 141 Å². The summed E-state index contributed by atoms with van der Waals surface area (Å²) in [7, 11) is 0. The Morgan fingerprint density at radius 3 is 2.38 bits per heavy atom. The highest BCUT2D eigenvalue weighted by atomic mass is 16.5. The highest BCUT2D eigenvalue weighted by Crippen LogP contribution is 2.38. The van der Waals surface area contributed by atoms with Crippen molar-refractivity contribution >= 4 is 50.9 Å². The number of hydrogen-bond acceptors (Lipinski definition) is 2. The number of hydrogen-bond donors (Lipinski definition) is 0. The molecule has 0 aliphatic rings. The van der Waals surface area contributed by atoms with Crippen LogP contribution in [0.5, 0.6) is 5.75 Å². The second-order valence-electron chi connectivity index (χ2n) is 12.8. The van der Waals surface area contributed by atoms with E-state index >= 15 is 0 Å². The molecule has 50 heavy (non-hydrogen) atoms. The molecule has 6 aromatic carbocycles. The molecule has 246 valence electrons. The third kappa shape index (κ3) is 6.70. The smallest absolute Gasteiger partial charge is 0.136 e. The van der Waals surface area contributed by atoms with Gasteiger partial charge >= 0.3 is 0 Å². The summed E-state index contributed by atoms with van der Waals surface area (Å²) in [5, 5.41) is 6.69. The topological polar surface area (TPSA) is 22.4 Å². The van der Waals surface area contributed by atoms with E-state index in [4.69, 9.17) is 9.15 Å². The fraction of sp³-hybridized carbons (Fsp3) is 0.125. The van der Waals surface area contributed by atoms with Crippen molar-refractivity contribution in [1.82, 2.24) is 0 Å². The largest absolute Gasteiger partial charge is 0.490 e. The van der Waals surface area contributed by atoms with Gasteiger partial charge in [-0.05, 0) is 99.6 Å². The number of benzene rings is 6. The lowest BCUT2D eigenvalue weighted by molar-refractivity contribution is 0.223. The minimum atomic E-state index is -0.131. The maximum atomic E-state index is 6.86. The molecule has 0 fully saturated rings. The molecule has 0 saturated carbocycles. The Kier molecular flexibility index (Phi) is 9.62. The lowest BCUT2D eigenvalue weighted by Crippen LogP contribution is -2.27. The number of furan rings is 1. The second-order valence-corrected chi connectivity index (χ2v) is 12.8. The Balaban J connectivity index is 1.33. The van der Waals surface area contributed by atoms with Gasteiger partial charge in [0.2, 0.25) is 0 Å². The van der Waals surface area contributed by atoms with Gasteiger partial charge in [-0.3, -0.25) is 0 Å². The zero-order valence-corrected chi connectivity index (χ0v) is 29.0. The summed E-state index contributed by atoms with van der Waals surface area (Å²) in [5.74, 6) is 0.844. The first-order valence-corrected chi connectivity index (χ1v) is 17.5. The lowest BCUT2D eigenvalue weighted by atomic mass is 9.89. The van der Waals surface area contributed by atoms with Crippen molar-refractivity contribution in [2.75, 3.05) is 0 Å². The van der Waals surface area contributed by atoms with Gasteiger partial charge in [-0.25, -0.2) is 0 Å². The molecular formula is C48H42O2. The molecule has 0 bridgehead atoms. The Morgan fingerprint density at radius 2 is 1.56 bits per heavy atom. The second kappa shape index (κ2) is 14.7. The fourth-order valence-corrected chi connectivity index (χ4v) is 6.89. The van der Waals surface area contributed by atoms with Crippen molar-refractivity contribution in [2.24, 2.45) is 0 Å². The Hall–Kier alpha value is -5.86. The molecule has 1 atom stereocenters. The van der Waals surface area contributed by atoms with E-state index in [-0.39, 0.29) is 6.10 Å². The lowest BCUT2D eigenvalue weighted by Gasteiger charge is -2.21. The van der Waals surface area contributed by atoms with E-state index in [0.717, 1.165) is 55.7 Å². The van der Waals surface area contributed by atoms with Crippen LogP contribution in [0.15, 0.2) is 162 Å². The van der Waals surface area contributed by atoms with Crippen LogP contribution in [0.4, 0.5) is 0 Å². The van der Waals surface area contributed by atoms with E-state index in [1.807, 2.05) is 31.2 Å². The Bertz CT molecular complexity index is 2510. The standard InChI is InChI=1S/C48H42O2/c1-5-7-9-20-38(30-34(4)49-45-28-29-46-48(42(45)16-6-2)43-22-14-15-23-44(43)50-46)47(41-21-13-12-17-33(41)3)39-27-25-36-24-26-37(31-40(36)32-39)35-18-10-8-11-19-35/h6-29,31-32,34H,3,5,30H2,1-2,4H3/b9-7-,16-6+,38-20+,47-41+. The molecule has 0 aliphatic carbocycles. The number of ether oxygens (including phenoxy) is 1. The van der Waals surface area contributed by atoms with Gasteiger partial charge in [-0.15, -0.1) is 0 Å². The van der Waals surface area contributed by atoms with Crippen LogP contribution in [0.2, 0.25) is 0 Å². The van der Waals surface area contributed by atoms with Crippen LogP contribution >= 0.6 is 0 Å². The van der Waals surface area contributed by atoms with Gasteiger partial charge in [-0.2, -0.15) is 0 Å². The highest BCUT2D eigenvalue weighted by molar-refractivity contribution is 6.10. The summed E-state index contributed by atoms with van der Waals surface area (Å²) in [5.41, 5.74) is 8.71. The van der Waals surface area contributed by atoms with Crippen LogP contribution in [0.25, 0.3) is 62.1 Å². The van der Waals surface area contributed by atoms with Crippen molar-refractivity contribution < 1.29 is 9.15 Å². The molecular weight excluding hydrogens is 609 g/mol. The van der Waals surface area contributed by atoms with Crippen LogP contribution in [0, 0.1) is 0 Å². The normalized spacial score (nSPS) is 13.5. The molecule has 1 heterocycles. The molecule has 0 amide bonds. The molecule has 0 N–H and O–H groups in total. The molecule has 1 aromatic heterocycles. The Morgan fingerprint density at radius 1 is 0.780 bits per heavy atom. The monoisotopic (exact) mass is 650 g/mol. The third-order valence-corrected chi connectivity index (χ3v) is 9.23. The summed E-state index contributed by atoms with van der Waals surface area (Å²) < 4.78 is 13.1. The van der Waals surface area contributed by atoms with E-state index in [1.54, 1.807) is 0 Å². The molecule has 0 aliphatic heterocycles. The third-order valence-electron chi connectivity index (χ3n) is 9.23. The van der Waals surface area contributed by atoms with E-state index in [1.165, 1.54) is 33.0 Å². The van der Waals surface area contributed by atoms with Crippen LogP contribution in [0.1, 0.15) is 44.7 Å². The molecule has 0 saturated heterocycles. The van der Waals surface area contributed by atoms with Crippen molar-refractivity contribution in [3.8, 4) is 16.9 Å². The predicted octanol–water partition coefficient (Wildman–Crippen LogP) is 11.8. The van der Waals surface area contributed by atoms with E-state index in [9.17, 15) is 0 Å². The number of rotatable bonds is 10. The zero-order chi connectivity index (χ0) is 34.5. The zero-order valence-electron chi connectivity index (χ0n) is 29.0. The summed E-state index contributed by atoms with van der Waals surface area (Å²) in [6.07, 6.45) is 12.4. The first-order chi connectivity index (χ1) is 24.5. The average molecular weight is 651 g/mol. The number of fused-ring (bicyclic) bond motifs is 4. The van der Waals surface area contributed by atoms with E-state index in [2.05, 4.69) is 154 Å². The van der Waals surface area contributed by atoms with Crippen molar-refractivity contribution in [3.05, 3.63) is 179 Å². The minimum absolute atomic E-state index is 0.131. The van der Waals surface area contributed by atoms with Crippen LogP contribution in [0.3, 0.4) is 0 Å². The predicted molar refractivity (Wildman–Crippen MR) is 214 cm³/mol. The van der Waals surface area contributed by atoms with Crippen LogP contribution in [-0.4, -0.2) is 6.10 Å². The van der Waals surface area contributed by atoms with Gasteiger partial charge in [0, 0.05) is 22.8 Å². The molecule has 1 unspecified atom stereocenters. The van der Waals surface area contributed by atoms with Gasteiger partial charge < -0.3 is 9.15 Å². The van der Waals surface area contributed by atoms with Crippen molar-refractivity contribution in [3.63, 3.8) is 0 Å². The molecule has 0 radical (unpaired) electrons. The fourth-order valence-electron chi connectivity index (χ4n) is 6.89. The molecule has 0 spiro atoms. The van der Waals surface area contributed by atoms with Crippen molar-refractivity contribution in [1.29, 1.82) is 0 Å². The van der Waals surface area contributed by atoms with Gasteiger partial charge in [0.25, 0.3) is 0 Å². The summed E-state index contributed by atoms with van der Waals surface area (Å²) in [6.45, 7) is 10.8. The number of allylic oxidation sites excluding steroid dienone is 4. The van der Waals surface area contributed by atoms with Crippen LogP contribution < -0.4 is 15.2 Å². The minimum Gasteiger partial charge on any atom is -0.490 e. The first-order valence-electron chi connectivity index (χ1n) is 17.5. The maximum Gasteiger partial charge on any atom is 0.136 e. The Labute approximate surface area is 294 Å². The number of para-hydroxylation sites is 1. The molecule has 2 heteroatoms. The first kappa shape index (κ1) is 32.7. The molecule has 7 rings (SSSR count). The molecule has 7 aromatic rings. The van der Waals surface area contributed by atoms with Gasteiger partial charge in [0.05, 0.1) is 6.10 Å². The summed E-state index contributed by atoms with van der Waals surface area (Å²) in [6, 6.07) is 44.8. The molecule has 2 nitrogen and oxygen atoms in total. The van der Waals surface area contributed by atoms with Gasteiger partial charge in [0.15, 0.2) is 0 Å². The van der Waals surface area contributed by atoms with Crippen LogP contribution in [-0.2, 0) is 0 Å². The highest BCUT2D eigenvalue weighted by Gasteiger charge is 2.19. The van der Waals surface area contributed by atoms with E-state index < -0.39 is 0 Å². The maximum absolute atomic E-state index is 6.86. The van der Waals surface area contributed by atoms with Crippen molar-refractivity contribution in [2.45, 2.75) is 39.7 Å². The average Bonchev–Trinajstić information content (AvgIpc) is 3.52. The SMILES string of the molecule is C=c1cccc/c1=C(/C(=C/C=C\CC)CC(C)Oc1ccc2oc3ccccc3c2c1/C=C/C)c1ccc2ccc(-c3ccccc3)cc2c1. The van der Waals surface area contributed by atoms with Gasteiger partial charge in [0.1, 0.15) is 16.9 Å². The van der Waals surface area contributed by atoms with E-state index in [0.29, 0.717) is 6.42 Å². The summed E-state index contributed by atoms with van der Waals surface area (Å²) in [4.78, 5) is 0.